The molecule has 17 heavy (non-hydrogen) atoms. The maximum absolute atomic E-state index is 12.3. The maximum atomic E-state index is 12.3. The number of halogens is 3. The topological polar surface area (TPSA) is 32.7 Å². The van der Waals surface area contributed by atoms with Gasteiger partial charge in [-0.15, -0.1) is 4.91 Å². The van der Waals surface area contributed by atoms with Gasteiger partial charge in [-0.2, -0.15) is 13.2 Å². The number of hydrogen-bond acceptors (Lipinski definition) is 2. The molecule has 0 bridgehead atoms. The predicted octanol–water partition coefficient (Wildman–Crippen LogP) is 3.99. The van der Waals surface area contributed by atoms with Crippen molar-refractivity contribution in [1.82, 2.24) is 0 Å². The lowest BCUT2D eigenvalue weighted by atomic mass is 10.1. The monoisotopic (exact) mass is 246 g/mol. The molecule has 0 heterocycles. The fourth-order valence-electron chi connectivity index (χ4n) is 1.36. The van der Waals surface area contributed by atoms with Gasteiger partial charge >= 0.3 is 6.18 Å². The van der Waals surface area contributed by atoms with E-state index >= 15 is 0 Å². The maximum Gasteiger partial charge on any atom is 0.416 e. The highest BCUT2D eigenvalue weighted by Gasteiger charge is 2.30. The Labute approximate surface area is 97.2 Å². The highest BCUT2D eigenvalue weighted by molar-refractivity contribution is 5.47. The molecule has 0 radical (unpaired) electrons. The Morgan fingerprint density at radius 3 is 2.18 bits per heavy atom. The molecule has 0 spiro atoms. The number of rotatable bonds is 4. The summed E-state index contributed by atoms with van der Waals surface area (Å²) in [5, 5.41) is 3.99. The minimum absolute atomic E-state index is 0.149. The quantitative estimate of drug-likeness (QED) is 0.594. The average Bonchev–Trinajstić information content (AvgIpc) is 2.29. The normalized spacial score (nSPS) is 13.2. The second-order valence-electron chi connectivity index (χ2n) is 3.73. The van der Waals surface area contributed by atoms with Gasteiger partial charge in [0.25, 0.3) is 0 Å². The lowest BCUT2D eigenvalue weighted by molar-refractivity contribution is -0.137. The molecule has 1 aromatic rings. The molecule has 0 amide bonds. The fourth-order valence-corrected chi connectivity index (χ4v) is 1.36. The van der Waals surface area contributed by atoms with Crippen LogP contribution in [0.1, 0.15) is 25.8 Å². The van der Waals surface area contributed by atoms with Crippen molar-refractivity contribution < 1.29 is 13.2 Å². The Morgan fingerprint density at radius 2 is 1.82 bits per heavy atom. The van der Waals surface area contributed by atoms with Crippen LogP contribution in [0.25, 0.3) is 0 Å². The van der Waals surface area contributed by atoms with Crippen molar-refractivity contribution in [3.63, 3.8) is 0 Å². The van der Waals surface area contributed by atoms with Gasteiger partial charge < -0.3 is 0 Å². The molecule has 6 heteroatoms. The molecular formula is C11H13F3N2O. The minimum atomic E-state index is -4.37. The molecule has 1 atom stereocenters. The van der Waals surface area contributed by atoms with Crippen molar-refractivity contribution in [1.29, 1.82) is 0 Å². The van der Waals surface area contributed by atoms with E-state index in [0.29, 0.717) is 12.1 Å². The minimum Gasteiger partial charge on any atom is -0.227 e. The van der Waals surface area contributed by atoms with Crippen LogP contribution >= 0.6 is 0 Å². The highest BCUT2D eigenvalue weighted by atomic mass is 19.4. The second kappa shape index (κ2) is 5.16. The molecule has 1 rings (SSSR count). The summed E-state index contributed by atoms with van der Waals surface area (Å²) in [7, 11) is 0. The lowest BCUT2D eigenvalue weighted by Crippen LogP contribution is -2.26. The van der Waals surface area contributed by atoms with Gasteiger partial charge in [0.05, 0.1) is 22.6 Å². The number of nitrogens with zero attached hydrogens (tertiary/aromatic N) is 2. The molecule has 3 nitrogen and oxygen atoms in total. The number of nitroso groups, excluding NO2 is 1. The molecular weight excluding hydrogens is 233 g/mol. The molecule has 1 aromatic carbocycles. The molecule has 0 aromatic heterocycles. The van der Waals surface area contributed by atoms with E-state index in [1.165, 1.54) is 17.1 Å². The molecule has 94 valence electrons. The van der Waals surface area contributed by atoms with Crippen LogP contribution in [0.15, 0.2) is 29.6 Å². The Balaban J connectivity index is 2.97. The van der Waals surface area contributed by atoms with Crippen molar-refractivity contribution in [3.8, 4) is 0 Å². The van der Waals surface area contributed by atoms with Crippen LogP contribution in [0.5, 0.6) is 0 Å². The number of alkyl halides is 3. The molecule has 0 aliphatic rings. The van der Waals surface area contributed by atoms with Crippen molar-refractivity contribution in [2.75, 3.05) is 5.01 Å². The summed E-state index contributed by atoms with van der Waals surface area (Å²) in [6.07, 6.45) is -3.69. The zero-order chi connectivity index (χ0) is 13.1. The molecule has 1 unspecified atom stereocenters. The van der Waals surface area contributed by atoms with E-state index in [1.807, 2.05) is 6.92 Å². The van der Waals surface area contributed by atoms with Gasteiger partial charge in [0.2, 0.25) is 0 Å². The van der Waals surface area contributed by atoms with Gasteiger partial charge in [-0.25, -0.2) is 5.01 Å². The zero-order valence-corrected chi connectivity index (χ0v) is 9.53. The van der Waals surface area contributed by atoms with E-state index in [-0.39, 0.29) is 6.04 Å². The van der Waals surface area contributed by atoms with Crippen molar-refractivity contribution in [2.45, 2.75) is 32.5 Å². The van der Waals surface area contributed by atoms with E-state index in [2.05, 4.69) is 5.29 Å². The van der Waals surface area contributed by atoms with E-state index in [9.17, 15) is 18.1 Å². The predicted molar refractivity (Wildman–Crippen MR) is 59.5 cm³/mol. The molecule has 0 fully saturated rings. The van der Waals surface area contributed by atoms with Gasteiger partial charge in [-0.3, -0.25) is 0 Å². The molecule has 0 N–H and O–H groups in total. The number of benzene rings is 1. The van der Waals surface area contributed by atoms with Crippen LogP contribution in [0.4, 0.5) is 18.9 Å². The largest absolute Gasteiger partial charge is 0.416 e. The average molecular weight is 246 g/mol. The molecule has 0 aliphatic carbocycles. The van der Waals surface area contributed by atoms with Gasteiger partial charge in [0.15, 0.2) is 0 Å². The second-order valence-corrected chi connectivity index (χ2v) is 3.73. The Kier molecular flexibility index (Phi) is 4.09. The van der Waals surface area contributed by atoms with Crippen LogP contribution < -0.4 is 5.01 Å². The third-order valence-electron chi connectivity index (χ3n) is 2.56. The van der Waals surface area contributed by atoms with Gasteiger partial charge in [-0.1, -0.05) is 6.92 Å². The first-order valence-electron chi connectivity index (χ1n) is 5.20. The SMILES string of the molecule is CCC(C)N(N=O)c1ccc(C(F)(F)F)cc1. The number of hydrogen-bond donors (Lipinski definition) is 0. The third-order valence-corrected chi connectivity index (χ3v) is 2.56. The van der Waals surface area contributed by atoms with E-state index in [4.69, 9.17) is 0 Å². The third kappa shape index (κ3) is 3.18. The van der Waals surface area contributed by atoms with Crippen LogP contribution in [-0.4, -0.2) is 6.04 Å². The van der Waals surface area contributed by atoms with Crippen LogP contribution in [0, 0.1) is 4.91 Å². The van der Waals surface area contributed by atoms with Crippen molar-refractivity contribution >= 4 is 5.69 Å². The fraction of sp³-hybridized carbons (Fsp3) is 0.455. The summed E-state index contributed by atoms with van der Waals surface area (Å²) < 4.78 is 37.0. The zero-order valence-electron chi connectivity index (χ0n) is 9.53. The highest BCUT2D eigenvalue weighted by Crippen LogP contribution is 2.31. The Hall–Kier alpha value is -1.59. The van der Waals surface area contributed by atoms with E-state index in [0.717, 1.165) is 12.1 Å². The summed E-state index contributed by atoms with van der Waals surface area (Å²) in [4.78, 5) is 10.6. The first kappa shape index (κ1) is 13.5. The summed E-state index contributed by atoms with van der Waals surface area (Å²) in [6, 6.07) is 4.22. The summed E-state index contributed by atoms with van der Waals surface area (Å²) in [5.74, 6) is 0. The van der Waals surface area contributed by atoms with Crippen molar-refractivity contribution in [3.05, 3.63) is 34.7 Å². The molecule has 0 aliphatic heterocycles. The van der Waals surface area contributed by atoms with Crippen molar-refractivity contribution in [2.24, 2.45) is 5.29 Å². The van der Waals surface area contributed by atoms with E-state index < -0.39 is 11.7 Å². The molecule has 0 saturated carbocycles. The van der Waals surface area contributed by atoms with Crippen LogP contribution in [0.3, 0.4) is 0 Å². The molecule has 0 saturated heterocycles. The van der Waals surface area contributed by atoms with Gasteiger partial charge in [0, 0.05) is 0 Å². The smallest absolute Gasteiger partial charge is 0.227 e. The summed E-state index contributed by atoms with van der Waals surface area (Å²) in [5.41, 5.74) is -0.376. The lowest BCUT2D eigenvalue weighted by Gasteiger charge is -2.21. The van der Waals surface area contributed by atoms with E-state index in [1.54, 1.807) is 6.92 Å². The van der Waals surface area contributed by atoms with Gasteiger partial charge in [0.1, 0.15) is 0 Å². The van der Waals surface area contributed by atoms with Crippen LogP contribution in [0.2, 0.25) is 0 Å². The first-order valence-corrected chi connectivity index (χ1v) is 5.20. The summed E-state index contributed by atoms with van der Waals surface area (Å²) >= 11 is 0. The Bertz CT molecular complexity index is 375. The van der Waals surface area contributed by atoms with Gasteiger partial charge in [-0.05, 0) is 37.6 Å². The Morgan fingerprint density at radius 1 is 1.29 bits per heavy atom. The van der Waals surface area contributed by atoms with Crippen LogP contribution in [-0.2, 0) is 6.18 Å². The standard InChI is InChI=1S/C11H13F3N2O/c1-3-8(2)16(15-17)10-6-4-9(5-7-10)11(12,13)14/h4-8H,3H2,1-2H3. The summed E-state index contributed by atoms with van der Waals surface area (Å²) in [6.45, 7) is 3.64. The first-order chi connectivity index (χ1) is 7.90. The number of anilines is 1.